The molecule has 2 aliphatic rings. The van der Waals surface area contributed by atoms with Crippen LogP contribution in [-0.4, -0.2) is 36.8 Å². The van der Waals surface area contributed by atoms with Gasteiger partial charge < -0.3 is 15.0 Å². The summed E-state index contributed by atoms with van der Waals surface area (Å²) in [7, 11) is 0. The van der Waals surface area contributed by atoms with E-state index in [4.69, 9.17) is 4.74 Å². The first-order chi connectivity index (χ1) is 10.3. The van der Waals surface area contributed by atoms with Gasteiger partial charge >= 0.3 is 0 Å². The van der Waals surface area contributed by atoms with Crippen molar-refractivity contribution in [3.8, 4) is 0 Å². The minimum Gasteiger partial charge on any atom is -0.374 e. The third kappa shape index (κ3) is 3.22. The predicted molar refractivity (Wildman–Crippen MR) is 85.7 cm³/mol. The quantitative estimate of drug-likeness (QED) is 0.846. The van der Waals surface area contributed by atoms with Gasteiger partial charge in [-0.25, -0.2) is 0 Å². The minimum absolute atomic E-state index is 0.434. The number of ether oxygens (including phenoxy) is 1. The number of hydrogen-bond acceptors (Lipinski definition) is 4. The topological polar surface area (TPSA) is 37.4 Å². The zero-order valence-corrected chi connectivity index (χ0v) is 13.3. The van der Waals surface area contributed by atoms with Gasteiger partial charge in [-0.1, -0.05) is 6.92 Å². The number of anilines is 1. The number of pyridine rings is 1. The van der Waals surface area contributed by atoms with Crippen molar-refractivity contribution in [1.82, 2.24) is 10.3 Å². The molecule has 1 aliphatic carbocycles. The van der Waals surface area contributed by atoms with Crippen LogP contribution in [0, 0.1) is 6.92 Å². The summed E-state index contributed by atoms with van der Waals surface area (Å²) in [6.07, 6.45) is 7.41. The molecule has 3 rings (SSSR count). The molecule has 0 amide bonds. The van der Waals surface area contributed by atoms with Gasteiger partial charge in [-0.05, 0) is 45.2 Å². The van der Waals surface area contributed by atoms with Crippen LogP contribution in [0.1, 0.15) is 43.9 Å². The van der Waals surface area contributed by atoms with Gasteiger partial charge in [0.1, 0.15) is 0 Å². The molecule has 2 unspecified atom stereocenters. The Bertz CT molecular complexity index is 477. The number of rotatable bonds is 5. The van der Waals surface area contributed by atoms with Crippen molar-refractivity contribution in [3.05, 3.63) is 23.5 Å². The first kappa shape index (κ1) is 14.8. The molecular weight excluding hydrogens is 262 g/mol. The fraction of sp³-hybridized carbons (Fsp3) is 0.706. The lowest BCUT2D eigenvalue weighted by Gasteiger charge is -2.40. The van der Waals surface area contributed by atoms with Crippen LogP contribution in [0.4, 0.5) is 5.69 Å². The molecule has 0 radical (unpaired) electrons. The highest BCUT2D eigenvalue weighted by Crippen LogP contribution is 2.34. The predicted octanol–water partition coefficient (Wildman–Crippen LogP) is 2.65. The lowest BCUT2D eigenvalue weighted by molar-refractivity contribution is 0.0255. The van der Waals surface area contributed by atoms with Crippen LogP contribution in [0.3, 0.4) is 0 Å². The molecule has 2 atom stereocenters. The van der Waals surface area contributed by atoms with Crippen LogP contribution in [-0.2, 0) is 11.3 Å². The Morgan fingerprint density at radius 2 is 2.33 bits per heavy atom. The minimum atomic E-state index is 0.434. The summed E-state index contributed by atoms with van der Waals surface area (Å²) in [6, 6.07) is 2.81. The molecule has 1 aliphatic heterocycles. The average Bonchev–Trinajstić information content (AvgIpc) is 2.97. The first-order valence-electron chi connectivity index (χ1n) is 8.34. The van der Waals surface area contributed by atoms with E-state index in [-0.39, 0.29) is 0 Å². The summed E-state index contributed by atoms with van der Waals surface area (Å²) in [5.41, 5.74) is 3.79. The van der Waals surface area contributed by atoms with E-state index in [1.54, 1.807) is 0 Å². The van der Waals surface area contributed by atoms with E-state index in [0.29, 0.717) is 12.1 Å². The maximum Gasteiger partial charge on any atom is 0.0779 e. The average molecular weight is 289 g/mol. The molecule has 1 N–H and O–H groups in total. The van der Waals surface area contributed by atoms with Crippen molar-refractivity contribution in [2.75, 3.05) is 24.6 Å². The Kier molecular flexibility index (Phi) is 4.76. The van der Waals surface area contributed by atoms with Crippen LogP contribution < -0.4 is 10.2 Å². The number of nitrogens with zero attached hydrogens (tertiary/aromatic N) is 2. The van der Waals surface area contributed by atoms with Crippen LogP contribution in [0.2, 0.25) is 0 Å². The molecule has 116 valence electrons. The fourth-order valence-corrected chi connectivity index (χ4v) is 3.60. The van der Waals surface area contributed by atoms with Crippen molar-refractivity contribution < 1.29 is 4.74 Å². The highest BCUT2D eigenvalue weighted by molar-refractivity contribution is 5.55. The monoisotopic (exact) mass is 289 g/mol. The summed E-state index contributed by atoms with van der Waals surface area (Å²) in [4.78, 5) is 7.08. The second kappa shape index (κ2) is 6.75. The normalized spacial score (nSPS) is 25.1. The molecule has 0 aromatic carbocycles. The first-order valence-corrected chi connectivity index (χ1v) is 8.34. The van der Waals surface area contributed by atoms with E-state index in [1.807, 2.05) is 6.20 Å². The van der Waals surface area contributed by atoms with Crippen molar-refractivity contribution in [3.63, 3.8) is 0 Å². The van der Waals surface area contributed by atoms with Gasteiger partial charge in [0, 0.05) is 36.2 Å². The summed E-state index contributed by atoms with van der Waals surface area (Å²) < 4.78 is 5.95. The van der Waals surface area contributed by atoms with Crippen LogP contribution in [0.5, 0.6) is 0 Å². The molecule has 2 heterocycles. The largest absolute Gasteiger partial charge is 0.374 e. The van der Waals surface area contributed by atoms with E-state index >= 15 is 0 Å². The van der Waals surface area contributed by atoms with Crippen molar-refractivity contribution in [2.45, 2.75) is 58.2 Å². The van der Waals surface area contributed by atoms with E-state index in [2.05, 4.69) is 35.1 Å². The second-order valence-electron chi connectivity index (χ2n) is 6.23. The molecule has 0 bridgehead atoms. The fourth-order valence-electron chi connectivity index (χ4n) is 3.60. The molecule has 2 fully saturated rings. The summed E-state index contributed by atoms with van der Waals surface area (Å²) >= 11 is 0. The lowest BCUT2D eigenvalue weighted by Crippen LogP contribution is -2.49. The number of aryl methyl sites for hydroxylation is 1. The molecule has 1 saturated carbocycles. The van der Waals surface area contributed by atoms with E-state index in [1.165, 1.54) is 30.5 Å². The highest BCUT2D eigenvalue weighted by atomic mass is 16.5. The second-order valence-corrected chi connectivity index (χ2v) is 6.23. The Labute approximate surface area is 127 Å². The van der Waals surface area contributed by atoms with Crippen molar-refractivity contribution in [1.29, 1.82) is 0 Å². The highest BCUT2D eigenvalue weighted by Gasteiger charge is 2.36. The molecule has 21 heavy (non-hydrogen) atoms. The maximum absolute atomic E-state index is 5.95. The molecule has 4 nitrogen and oxygen atoms in total. The van der Waals surface area contributed by atoms with E-state index in [0.717, 1.165) is 38.4 Å². The smallest absolute Gasteiger partial charge is 0.0779 e. The maximum atomic E-state index is 5.95. The SMILES string of the molecule is CCCNCc1cnc(C)cc1N1CCOC2CCCC21. The Hall–Kier alpha value is -1.13. The van der Waals surface area contributed by atoms with Gasteiger partial charge in [-0.2, -0.15) is 0 Å². The molecule has 0 spiro atoms. The lowest BCUT2D eigenvalue weighted by atomic mass is 10.1. The zero-order chi connectivity index (χ0) is 14.7. The van der Waals surface area contributed by atoms with E-state index in [9.17, 15) is 0 Å². The number of morpholine rings is 1. The van der Waals surface area contributed by atoms with Gasteiger partial charge in [0.25, 0.3) is 0 Å². The molecular formula is C17H27N3O. The van der Waals surface area contributed by atoms with Gasteiger partial charge in [-0.15, -0.1) is 0 Å². The molecule has 1 aromatic heterocycles. The molecule has 1 aromatic rings. The van der Waals surface area contributed by atoms with Gasteiger partial charge in [0.05, 0.1) is 18.8 Å². The third-order valence-electron chi connectivity index (χ3n) is 4.63. The zero-order valence-electron chi connectivity index (χ0n) is 13.3. The molecule has 1 saturated heterocycles. The summed E-state index contributed by atoms with van der Waals surface area (Å²) in [5, 5.41) is 3.51. The van der Waals surface area contributed by atoms with Crippen LogP contribution >= 0.6 is 0 Å². The van der Waals surface area contributed by atoms with Crippen LogP contribution in [0.15, 0.2) is 12.3 Å². The Morgan fingerprint density at radius 3 is 3.19 bits per heavy atom. The number of fused-ring (bicyclic) bond motifs is 1. The van der Waals surface area contributed by atoms with E-state index < -0.39 is 0 Å². The standard InChI is InChI=1S/C17H27N3O/c1-3-7-18-11-14-12-19-13(2)10-16(14)20-8-9-21-17-6-4-5-15(17)20/h10,12,15,17-18H,3-9,11H2,1-2H3. The Balaban J connectivity index is 1.83. The molecule has 4 heteroatoms. The van der Waals surface area contributed by atoms with Crippen molar-refractivity contribution >= 4 is 5.69 Å². The van der Waals surface area contributed by atoms with Crippen molar-refractivity contribution in [2.24, 2.45) is 0 Å². The van der Waals surface area contributed by atoms with Gasteiger partial charge in [0.15, 0.2) is 0 Å². The van der Waals surface area contributed by atoms with Gasteiger partial charge in [0.2, 0.25) is 0 Å². The number of nitrogens with one attached hydrogen (secondary N) is 1. The van der Waals surface area contributed by atoms with Crippen LogP contribution in [0.25, 0.3) is 0 Å². The summed E-state index contributed by atoms with van der Waals surface area (Å²) in [5.74, 6) is 0. The third-order valence-corrected chi connectivity index (χ3v) is 4.63. The summed E-state index contributed by atoms with van der Waals surface area (Å²) in [6.45, 7) is 8.11. The number of aromatic nitrogens is 1. The Morgan fingerprint density at radius 1 is 1.43 bits per heavy atom. The number of hydrogen-bond donors (Lipinski definition) is 1. The van der Waals surface area contributed by atoms with Gasteiger partial charge in [-0.3, -0.25) is 4.98 Å².